The van der Waals surface area contributed by atoms with E-state index in [1.165, 1.54) is 0 Å². The fraction of sp³-hybridized carbons (Fsp3) is 0.100. The first-order valence-electron chi connectivity index (χ1n) is 8.40. The SMILES string of the molecule is O=c1[nH]c2cc(Cl)c(Cl)cc2n1-c1ccc(CNCc2cccnc2)cc1. The van der Waals surface area contributed by atoms with Gasteiger partial charge >= 0.3 is 5.69 Å². The van der Waals surface area contributed by atoms with E-state index in [0.29, 0.717) is 21.1 Å². The van der Waals surface area contributed by atoms with Crippen molar-refractivity contribution in [3.63, 3.8) is 0 Å². The Morgan fingerprint density at radius 1 is 1.00 bits per heavy atom. The number of pyridine rings is 1. The second-order valence-electron chi connectivity index (χ2n) is 6.18. The molecule has 0 aliphatic rings. The zero-order chi connectivity index (χ0) is 18.8. The van der Waals surface area contributed by atoms with Crippen LogP contribution in [0.1, 0.15) is 11.1 Å². The monoisotopic (exact) mass is 398 g/mol. The van der Waals surface area contributed by atoms with E-state index in [1.54, 1.807) is 22.9 Å². The van der Waals surface area contributed by atoms with Crippen LogP contribution in [0.4, 0.5) is 0 Å². The van der Waals surface area contributed by atoms with Crippen LogP contribution in [0, 0.1) is 0 Å². The van der Waals surface area contributed by atoms with Gasteiger partial charge in [0.15, 0.2) is 0 Å². The lowest BCUT2D eigenvalue weighted by atomic mass is 10.2. The summed E-state index contributed by atoms with van der Waals surface area (Å²) in [4.78, 5) is 19.3. The summed E-state index contributed by atoms with van der Waals surface area (Å²) in [5.74, 6) is 0. The van der Waals surface area contributed by atoms with Crippen molar-refractivity contribution in [3.05, 3.63) is 92.6 Å². The number of fused-ring (bicyclic) bond motifs is 1. The lowest BCUT2D eigenvalue weighted by Crippen LogP contribution is -2.15. The van der Waals surface area contributed by atoms with E-state index >= 15 is 0 Å². The van der Waals surface area contributed by atoms with Gasteiger partial charge in [-0.2, -0.15) is 0 Å². The molecule has 0 aliphatic heterocycles. The van der Waals surface area contributed by atoms with Gasteiger partial charge in [-0.25, -0.2) is 4.79 Å². The highest BCUT2D eigenvalue weighted by atomic mass is 35.5. The molecule has 0 atom stereocenters. The number of nitrogens with one attached hydrogen (secondary N) is 2. The molecule has 2 N–H and O–H groups in total. The van der Waals surface area contributed by atoms with Crippen LogP contribution in [0.2, 0.25) is 10.0 Å². The third-order valence-corrected chi connectivity index (χ3v) is 5.02. The van der Waals surface area contributed by atoms with Gasteiger partial charge in [0.1, 0.15) is 0 Å². The van der Waals surface area contributed by atoms with Crippen molar-refractivity contribution in [1.82, 2.24) is 19.9 Å². The van der Waals surface area contributed by atoms with Crippen LogP contribution in [-0.4, -0.2) is 14.5 Å². The molecule has 27 heavy (non-hydrogen) atoms. The van der Waals surface area contributed by atoms with Crippen LogP contribution >= 0.6 is 23.2 Å². The number of hydrogen-bond acceptors (Lipinski definition) is 3. The number of hydrogen-bond donors (Lipinski definition) is 2. The van der Waals surface area contributed by atoms with Crippen molar-refractivity contribution >= 4 is 34.2 Å². The van der Waals surface area contributed by atoms with Gasteiger partial charge in [0.2, 0.25) is 0 Å². The summed E-state index contributed by atoms with van der Waals surface area (Å²) in [6, 6.07) is 15.1. The molecule has 0 bridgehead atoms. The minimum atomic E-state index is -0.231. The maximum absolute atomic E-state index is 12.4. The van der Waals surface area contributed by atoms with Crippen LogP contribution in [-0.2, 0) is 13.1 Å². The molecule has 0 saturated heterocycles. The Bertz CT molecular complexity index is 1130. The summed E-state index contributed by atoms with van der Waals surface area (Å²) in [6.07, 6.45) is 3.60. The maximum atomic E-state index is 12.4. The molecule has 4 rings (SSSR count). The van der Waals surface area contributed by atoms with E-state index in [-0.39, 0.29) is 5.69 Å². The topological polar surface area (TPSA) is 62.7 Å². The molecular formula is C20H16Cl2N4O. The number of imidazole rings is 1. The van der Waals surface area contributed by atoms with Crippen molar-refractivity contribution in [1.29, 1.82) is 0 Å². The number of rotatable bonds is 5. The van der Waals surface area contributed by atoms with Crippen molar-refractivity contribution in [2.45, 2.75) is 13.1 Å². The molecule has 7 heteroatoms. The number of H-pyrrole nitrogens is 1. The average molecular weight is 399 g/mol. The van der Waals surface area contributed by atoms with E-state index in [9.17, 15) is 4.79 Å². The van der Waals surface area contributed by atoms with E-state index in [2.05, 4.69) is 15.3 Å². The minimum Gasteiger partial charge on any atom is -0.309 e. The Balaban J connectivity index is 1.54. The number of aromatic nitrogens is 3. The first-order chi connectivity index (χ1) is 13.1. The molecule has 4 aromatic rings. The molecule has 5 nitrogen and oxygen atoms in total. The van der Waals surface area contributed by atoms with Crippen LogP contribution in [0.3, 0.4) is 0 Å². The largest absolute Gasteiger partial charge is 0.331 e. The van der Waals surface area contributed by atoms with E-state index < -0.39 is 0 Å². The zero-order valence-corrected chi connectivity index (χ0v) is 15.8. The van der Waals surface area contributed by atoms with Crippen LogP contribution in [0.25, 0.3) is 16.7 Å². The number of nitrogens with zero attached hydrogens (tertiary/aromatic N) is 2. The van der Waals surface area contributed by atoms with E-state index in [0.717, 1.165) is 29.9 Å². The standard InChI is InChI=1S/C20H16Cl2N4O/c21-16-8-18-19(9-17(16)22)26(20(27)25-18)15-5-3-13(4-6-15)10-24-12-14-2-1-7-23-11-14/h1-9,11,24H,10,12H2,(H,25,27). The van der Waals surface area contributed by atoms with Crippen molar-refractivity contribution < 1.29 is 0 Å². The molecular weight excluding hydrogens is 383 g/mol. The van der Waals surface area contributed by atoms with Gasteiger partial charge in [0.25, 0.3) is 0 Å². The van der Waals surface area contributed by atoms with Gasteiger partial charge in [-0.05, 0) is 41.5 Å². The smallest absolute Gasteiger partial charge is 0.309 e. The fourth-order valence-corrected chi connectivity index (χ4v) is 3.30. The average Bonchev–Trinajstić information content (AvgIpc) is 2.98. The number of benzene rings is 2. The first-order valence-corrected chi connectivity index (χ1v) is 9.16. The van der Waals surface area contributed by atoms with Crippen LogP contribution in [0.15, 0.2) is 65.7 Å². The van der Waals surface area contributed by atoms with Gasteiger partial charge in [0, 0.05) is 25.5 Å². The van der Waals surface area contributed by atoms with E-state index in [1.807, 2.05) is 42.6 Å². The summed E-state index contributed by atoms with van der Waals surface area (Å²) in [7, 11) is 0. The molecule has 136 valence electrons. The molecule has 0 saturated carbocycles. The molecule has 0 unspecified atom stereocenters. The Hall–Kier alpha value is -2.60. The normalized spacial score (nSPS) is 11.2. The lowest BCUT2D eigenvalue weighted by molar-refractivity contribution is 0.691. The van der Waals surface area contributed by atoms with Gasteiger partial charge in [-0.1, -0.05) is 41.4 Å². The van der Waals surface area contributed by atoms with Gasteiger partial charge in [0.05, 0.1) is 26.8 Å². The summed E-state index contributed by atoms with van der Waals surface area (Å²) in [5, 5.41) is 4.20. The molecule has 0 spiro atoms. The third-order valence-electron chi connectivity index (χ3n) is 4.30. The third kappa shape index (κ3) is 3.76. The molecule has 2 aromatic heterocycles. The van der Waals surface area contributed by atoms with Gasteiger partial charge < -0.3 is 10.3 Å². The van der Waals surface area contributed by atoms with Gasteiger partial charge in [-0.15, -0.1) is 0 Å². The molecule has 0 amide bonds. The van der Waals surface area contributed by atoms with Crippen molar-refractivity contribution in [2.75, 3.05) is 0 Å². The summed E-state index contributed by atoms with van der Waals surface area (Å²) < 4.78 is 1.59. The summed E-state index contributed by atoms with van der Waals surface area (Å²) >= 11 is 12.2. The Labute approximate surface area is 165 Å². The minimum absolute atomic E-state index is 0.231. The molecule has 0 fully saturated rings. The van der Waals surface area contributed by atoms with Crippen molar-refractivity contribution in [2.24, 2.45) is 0 Å². The van der Waals surface area contributed by atoms with E-state index in [4.69, 9.17) is 23.2 Å². The van der Waals surface area contributed by atoms with Crippen molar-refractivity contribution in [3.8, 4) is 5.69 Å². The second kappa shape index (κ2) is 7.56. The molecule has 2 heterocycles. The molecule has 2 aromatic carbocycles. The number of halogens is 2. The highest BCUT2D eigenvalue weighted by Crippen LogP contribution is 2.27. The highest BCUT2D eigenvalue weighted by Gasteiger charge is 2.11. The first kappa shape index (κ1) is 17.8. The summed E-state index contributed by atoms with van der Waals surface area (Å²) in [6.45, 7) is 1.47. The quantitative estimate of drug-likeness (QED) is 0.526. The Kier molecular flexibility index (Phi) is 4.99. The van der Waals surface area contributed by atoms with Gasteiger partial charge in [-0.3, -0.25) is 9.55 Å². The fourth-order valence-electron chi connectivity index (χ4n) is 2.98. The molecule has 0 radical (unpaired) electrons. The summed E-state index contributed by atoms with van der Waals surface area (Å²) in [5.41, 5.74) is 4.13. The van der Waals surface area contributed by atoms with Crippen LogP contribution in [0.5, 0.6) is 0 Å². The predicted octanol–water partition coefficient (Wildman–Crippen LogP) is 4.31. The number of aromatic amines is 1. The highest BCUT2D eigenvalue weighted by molar-refractivity contribution is 6.42. The Morgan fingerprint density at radius 2 is 1.74 bits per heavy atom. The molecule has 0 aliphatic carbocycles. The predicted molar refractivity (Wildman–Crippen MR) is 109 cm³/mol. The zero-order valence-electron chi connectivity index (χ0n) is 14.2. The maximum Gasteiger partial charge on any atom is 0.331 e. The lowest BCUT2D eigenvalue weighted by Gasteiger charge is -2.08. The second-order valence-corrected chi connectivity index (χ2v) is 6.99. The van der Waals surface area contributed by atoms with Crippen LogP contribution < -0.4 is 11.0 Å². The Morgan fingerprint density at radius 3 is 2.48 bits per heavy atom.